The van der Waals surface area contributed by atoms with Crippen LogP contribution in [0.2, 0.25) is 5.02 Å². The fourth-order valence-corrected chi connectivity index (χ4v) is 4.93. The molecule has 1 aliphatic rings. The molecular formula is C26H24ClNO4S. The zero-order valence-electron chi connectivity index (χ0n) is 18.6. The lowest BCUT2D eigenvalue weighted by Crippen LogP contribution is -2.36. The van der Waals surface area contributed by atoms with E-state index in [1.54, 1.807) is 18.2 Å². The van der Waals surface area contributed by atoms with Gasteiger partial charge in [0.1, 0.15) is 6.61 Å². The van der Waals surface area contributed by atoms with Crippen LogP contribution in [0.15, 0.2) is 59.5 Å². The van der Waals surface area contributed by atoms with Crippen LogP contribution in [0.3, 0.4) is 0 Å². The molecule has 170 valence electrons. The number of carbonyl (C=O) groups excluding carboxylic acids is 2. The van der Waals surface area contributed by atoms with Crippen molar-refractivity contribution in [3.8, 4) is 11.5 Å². The number of ether oxygens (including phenoxy) is 2. The second kappa shape index (κ2) is 9.89. The number of methoxy groups -OCH3 is 1. The molecule has 5 nitrogen and oxygen atoms in total. The predicted molar refractivity (Wildman–Crippen MR) is 134 cm³/mol. The van der Waals surface area contributed by atoms with E-state index >= 15 is 0 Å². The molecule has 1 fully saturated rings. The van der Waals surface area contributed by atoms with Gasteiger partial charge in [0.15, 0.2) is 11.5 Å². The Morgan fingerprint density at radius 2 is 1.88 bits per heavy atom. The van der Waals surface area contributed by atoms with Crippen molar-refractivity contribution in [1.29, 1.82) is 0 Å². The third kappa shape index (κ3) is 4.72. The Morgan fingerprint density at radius 3 is 2.64 bits per heavy atom. The van der Waals surface area contributed by atoms with Gasteiger partial charge in [0, 0.05) is 6.04 Å². The first kappa shape index (κ1) is 23.2. The normalized spacial score (nSPS) is 16.0. The summed E-state index contributed by atoms with van der Waals surface area (Å²) in [6, 6.07) is 17.5. The van der Waals surface area contributed by atoms with Crippen molar-refractivity contribution >= 4 is 51.4 Å². The standard InChI is InChI=1S/C26H24ClNO4S/c1-4-16(2)28-25(29)23(33-26(28)30)14-17-12-21(27)24(22(13-17)31-3)32-15-19-10-7-9-18-8-5-6-11-20(18)19/h5-14,16H,4,15H2,1-3H3/b23-14+/t16-/m0/s1. The number of nitrogens with zero attached hydrogens (tertiary/aromatic N) is 1. The molecule has 0 radical (unpaired) electrons. The molecule has 0 spiro atoms. The number of halogens is 1. The van der Waals surface area contributed by atoms with Crippen LogP contribution >= 0.6 is 23.4 Å². The number of hydrogen-bond donors (Lipinski definition) is 0. The molecule has 0 N–H and O–H groups in total. The van der Waals surface area contributed by atoms with Gasteiger partial charge in [-0.2, -0.15) is 0 Å². The molecular weight excluding hydrogens is 458 g/mol. The fourth-order valence-electron chi connectivity index (χ4n) is 3.73. The molecule has 0 bridgehead atoms. The van der Waals surface area contributed by atoms with Crippen molar-refractivity contribution in [3.63, 3.8) is 0 Å². The van der Waals surface area contributed by atoms with Crippen LogP contribution in [0, 0.1) is 0 Å². The van der Waals surface area contributed by atoms with E-state index in [1.165, 1.54) is 12.0 Å². The van der Waals surface area contributed by atoms with Gasteiger partial charge >= 0.3 is 0 Å². The van der Waals surface area contributed by atoms with Crippen molar-refractivity contribution in [2.75, 3.05) is 7.11 Å². The van der Waals surface area contributed by atoms with Gasteiger partial charge in [0.25, 0.3) is 11.1 Å². The van der Waals surface area contributed by atoms with Gasteiger partial charge in [-0.05, 0) is 65.2 Å². The van der Waals surface area contributed by atoms with Crippen LogP contribution < -0.4 is 9.47 Å². The van der Waals surface area contributed by atoms with Crippen LogP contribution in [0.4, 0.5) is 4.79 Å². The summed E-state index contributed by atoms with van der Waals surface area (Å²) in [5, 5.41) is 2.36. The molecule has 0 aliphatic carbocycles. The first-order valence-electron chi connectivity index (χ1n) is 10.7. The average molecular weight is 482 g/mol. The minimum absolute atomic E-state index is 0.147. The summed E-state index contributed by atoms with van der Waals surface area (Å²) in [7, 11) is 1.54. The smallest absolute Gasteiger partial charge is 0.293 e. The lowest BCUT2D eigenvalue weighted by molar-refractivity contribution is -0.124. The van der Waals surface area contributed by atoms with Crippen LogP contribution in [0.1, 0.15) is 31.4 Å². The van der Waals surface area contributed by atoms with E-state index in [1.807, 2.05) is 38.1 Å². The largest absolute Gasteiger partial charge is 0.493 e. The lowest BCUT2D eigenvalue weighted by atomic mass is 10.1. The van der Waals surface area contributed by atoms with E-state index < -0.39 is 0 Å². The van der Waals surface area contributed by atoms with Crippen molar-refractivity contribution in [1.82, 2.24) is 4.90 Å². The monoisotopic (exact) mass is 481 g/mol. The Kier molecular flexibility index (Phi) is 6.96. The zero-order chi connectivity index (χ0) is 23.5. The second-order valence-electron chi connectivity index (χ2n) is 7.77. The Balaban J connectivity index is 1.59. The van der Waals surface area contributed by atoms with Crippen LogP contribution in [0.25, 0.3) is 16.8 Å². The van der Waals surface area contributed by atoms with E-state index in [0.29, 0.717) is 40.0 Å². The summed E-state index contributed by atoms with van der Waals surface area (Å²) in [4.78, 5) is 26.7. The number of benzene rings is 3. The topological polar surface area (TPSA) is 55.8 Å². The molecule has 3 aromatic carbocycles. The van der Waals surface area contributed by atoms with Crippen LogP contribution in [-0.4, -0.2) is 29.2 Å². The highest BCUT2D eigenvalue weighted by Gasteiger charge is 2.37. The first-order chi connectivity index (χ1) is 15.9. The summed E-state index contributed by atoms with van der Waals surface area (Å²) in [5.41, 5.74) is 1.69. The number of carbonyl (C=O) groups is 2. The molecule has 4 rings (SSSR count). The van der Waals surface area contributed by atoms with E-state index in [0.717, 1.165) is 28.1 Å². The second-order valence-corrected chi connectivity index (χ2v) is 9.17. The van der Waals surface area contributed by atoms with Gasteiger partial charge in [-0.3, -0.25) is 14.5 Å². The number of rotatable bonds is 7. The van der Waals surface area contributed by atoms with Gasteiger partial charge in [-0.15, -0.1) is 0 Å². The Hall–Kier alpha value is -2.96. The van der Waals surface area contributed by atoms with Crippen molar-refractivity contribution in [2.45, 2.75) is 32.9 Å². The number of fused-ring (bicyclic) bond motifs is 1. The van der Waals surface area contributed by atoms with Gasteiger partial charge in [0.2, 0.25) is 0 Å². The van der Waals surface area contributed by atoms with Crippen LogP contribution in [-0.2, 0) is 11.4 Å². The summed E-state index contributed by atoms with van der Waals surface area (Å²) in [6.07, 6.45) is 2.36. The minimum Gasteiger partial charge on any atom is -0.493 e. The molecule has 0 saturated carbocycles. The Morgan fingerprint density at radius 1 is 1.12 bits per heavy atom. The lowest BCUT2D eigenvalue weighted by Gasteiger charge is -2.19. The molecule has 1 aliphatic heterocycles. The average Bonchev–Trinajstić information content (AvgIpc) is 3.10. The highest BCUT2D eigenvalue weighted by atomic mass is 35.5. The highest BCUT2D eigenvalue weighted by Crippen LogP contribution is 2.40. The van der Waals surface area contributed by atoms with Crippen molar-refractivity contribution in [3.05, 3.63) is 75.7 Å². The zero-order valence-corrected chi connectivity index (χ0v) is 20.2. The maximum absolute atomic E-state index is 12.7. The molecule has 1 heterocycles. The van der Waals surface area contributed by atoms with E-state index in [2.05, 4.69) is 18.2 Å². The third-order valence-corrected chi connectivity index (χ3v) is 6.82. The summed E-state index contributed by atoms with van der Waals surface area (Å²) in [5.74, 6) is 0.595. The number of imide groups is 1. The summed E-state index contributed by atoms with van der Waals surface area (Å²) in [6.45, 7) is 4.13. The maximum atomic E-state index is 12.7. The quantitative estimate of drug-likeness (QED) is 0.343. The van der Waals surface area contributed by atoms with Gasteiger partial charge in [0.05, 0.1) is 17.0 Å². The fraction of sp³-hybridized carbons (Fsp3) is 0.231. The predicted octanol–water partition coefficient (Wildman–Crippen LogP) is 6.92. The van der Waals surface area contributed by atoms with Gasteiger partial charge < -0.3 is 9.47 Å². The molecule has 2 amide bonds. The van der Waals surface area contributed by atoms with Crippen LogP contribution in [0.5, 0.6) is 11.5 Å². The first-order valence-corrected chi connectivity index (χ1v) is 11.9. The number of amides is 2. The SMILES string of the molecule is CC[C@H](C)N1C(=O)S/C(=C/c2cc(Cl)c(OCc3cccc4ccccc34)c(OC)c2)C1=O. The summed E-state index contributed by atoms with van der Waals surface area (Å²) < 4.78 is 11.6. The molecule has 7 heteroatoms. The van der Waals surface area contributed by atoms with Crippen molar-refractivity contribution in [2.24, 2.45) is 0 Å². The van der Waals surface area contributed by atoms with E-state index in [9.17, 15) is 9.59 Å². The number of hydrogen-bond acceptors (Lipinski definition) is 5. The van der Waals surface area contributed by atoms with Gasteiger partial charge in [-0.1, -0.05) is 61.0 Å². The van der Waals surface area contributed by atoms with E-state index in [-0.39, 0.29) is 17.2 Å². The minimum atomic E-state index is -0.286. The summed E-state index contributed by atoms with van der Waals surface area (Å²) >= 11 is 7.48. The number of thioether (sulfide) groups is 1. The molecule has 0 unspecified atom stereocenters. The molecule has 0 aromatic heterocycles. The molecule has 1 atom stereocenters. The molecule has 1 saturated heterocycles. The third-order valence-electron chi connectivity index (χ3n) is 5.66. The maximum Gasteiger partial charge on any atom is 0.293 e. The van der Waals surface area contributed by atoms with E-state index in [4.69, 9.17) is 21.1 Å². The molecule has 33 heavy (non-hydrogen) atoms. The Labute approximate surface area is 202 Å². The molecule has 3 aromatic rings. The van der Waals surface area contributed by atoms with Crippen molar-refractivity contribution < 1.29 is 19.1 Å². The highest BCUT2D eigenvalue weighted by molar-refractivity contribution is 8.18. The Bertz CT molecular complexity index is 1250. The van der Waals surface area contributed by atoms with Gasteiger partial charge in [-0.25, -0.2) is 0 Å².